The fourth-order valence-electron chi connectivity index (χ4n) is 1.22. The van der Waals surface area contributed by atoms with Gasteiger partial charge in [0.1, 0.15) is 0 Å². The number of rotatable bonds is 4. The first-order valence-electron chi connectivity index (χ1n) is 4.43. The molecular weight excluding hydrogens is 234 g/mol. The third kappa shape index (κ3) is 3.10. The largest absolute Gasteiger partial charge is 0.494 e. The Morgan fingerprint density at radius 1 is 1.60 bits per heavy atom. The minimum Gasteiger partial charge on any atom is -0.494 e. The molecule has 1 heterocycles. The Bertz CT molecular complexity index is 362. The van der Waals surface area contributed by atoms with Crippen molar-refractivity contribution in [2.45, 2.75) is 24.3 Å². The van der Waals surface area contributed by atoms with E-state index >= 15 is 0 Å². The molecule has 0 aliphatic carbocycles. The van der Waals surface area contributed by atoms with Crippen molar-refractivity contribution < 1.29 is 15.0 Å². The van der Waals surface area contributed by atoms with Crippen molar-refractivity contribution in [2.75, 3.05) is 6.26 Å². The second kappa shape index (κ2) is 5.37. The van der Waals surface area contributed by atoms with Crippen LogP contribution in [-0.4, -0.2) is 26.2 Å². The monoisotopic (exact) mass is 247 g/mol. The first kappa shape index (κ1) is 12.3. The first-order valence-corrected chi connectivity index (χ1v) is 6.10. The summed E-state index contributed by atoms with van der Waals surface area (Å²) < 4.78 is 1.33. The van der Waals surface area contributed by atoms with Gasteiger partial charge in [0.15, 0.2) is 11.0 Å². The molecule has 1 aromatic rings. The quantitative estimate of drug-likeness (QED) is 0.711. The Balaban J connectivity index is 2.54. The average molecular weight is 247 g/mol. The van der Waals surface area contributed by atoms with E-state index in [2.05, 4.69) is 12.6 Å². The molecular formula is C9H13NO3S2. The fourth-order valence-corrected chi connectivity index (χ4v) is 1.80. The number of carbonyl (C=O) groups excluding carboxylic acids is 1. The second-order valence-electron chi connectivity index (χ2n) is 3.04. The molecule has 1 aromatic heterocycles. The number of aromatic nitrogens is 1. The van der Waals surface area contributed by atoms with Gasteiger partial charge in [-0.15, -0.1) is 12.6 Å². The molecule has 0 bridgehead atoms. The number of hydrogen-bond donors (Lipinski definition) is 3. The minimum absolute atomic E-state index is 0.0332. The molecule has 0 saturated heterocycles. The molecule has 0 radical (unpaired) electrons. The predicted molar refractivity (Wildman–Crippen MR) is 62.8 cm³/mol. The number of thioether (sulfide) groups is 1. The van der Waals surface area contributed by atoms with Crippen LogP contribution in [0.15, 0.2) is 11.0 Å². The normalized spacial score (nSPS) is 10.5. The molecule has 15 heavy (non-hydrogen) atoms. The summed E-state index contributed by atoms with van der Waals surface area (Å²) in [5.41, 5.74) is 0. The van der Waals surface area contributed by atoms with Gasteiger partial charge in [-0.05, 0) is 12.7 Å². The summed E-state index contributed by atoms with van der Waals surface area (Å²) in [5.74, 6) is -0.0958. The predicted octanol–water partition coefficient (Wildman–Crippen LogP) is 1.86. The van der Waals surface area contributed by atoms with Gasteiger partial charge in [-0.25, -0.2) is 0 Å². The molecule has 2 N–H and O–H groups in total. The van der Waals surface area contributed by atoms with Gasteiger partial charge in [-0.2, -0.15) is 0 Å². The molecule has 0 aromatic carbocycles. The molecule has 0 atom stereocenters. The molecule has 1 rings (SSSR count). The van der Waals surface area contributed by atoms with Gasteiger partial charge in [-0.1, -0.05) is 11.8 Å². The van der Waals surface area contributed by atoms with Gasteiger partial charge < -0.3 is 10.2 Å². The molecule has 0 unspecified atom stereocenters. The van der Waals surface area contributed by atoms with Crippen molar-refractivity contribution in [3.63, 3.8) is 0 Å². The third-order valence-electron chi connectivity index (χ3n) is 2.02. The van der Waals surface area contributed by atoms with E-state index in [0.717, 1.165) is 0 Å². The topological polar surface area (TPSA) is 62.5 Å². The van der Waals surface area contributed by atoms with Crippen molar-refractivity contribution in [3.8, 4) is 11.8 Å². The summed E-state index contributed by atoms with van der Waals surface area (Å²) in [7, 11) is 0. The summed E-state index contributed by atoms with van der Waals surface area (Å²) in [6, 6.07) is 1.37. The molecule has 0 aliphatic rings. The van der Waals surface area contributed by atoms with Crippen molar-refractivity contribution in [3.05, 3.63) is 6.07 Å². The zero-order valence-electron chi connectivity index (χ0n) is 8.30. The number of hydrogen-bond acceptors (Lipinski definition) is 5. The minimum atomic E-state index is -0.0626. The first-order chi connectivity index (χ1) is 7.06. The lowest BCUT2D eigenvalue weighted by molar-refractivity contribution is -0.111. The maximum absolute atomic E-state index is 11.0. The molecule has 0 spiro atoms. The number of aromatic hydroxyl groups is 2. The number of thiol groups is 1. The van der Waals surface area contributed by atoms with Crippen molar-refractivity contribution in [2.24, 2.45) is 0 Å². The van der Waals surface area contributed by atoms with E-state index in [1.807, 2.05) is 0 Å². The molecule has 0 amide bonds. The van der Waals surface area contributed by atoms with Crippen LogP contribution < -0.4 is 0 Å². The van der Waals surface area contributed by atoms with Crippen LogP contribution >= 0.6 is 24.4 Å². The van der Waals surface area contributed by atoms with E-state index in [1.165, 1.54) is 22.4 Å². The second-order valence-corrected chi connectivity index (χ2v) is 4.39. The van der Waals surface area contributed by atoms with Gasteiger partial charge in [0.05, 0.1) is 4.90 Å². The van der Waals surface area contributed by atoms with Crippen LogP contribution in [0.25, 0.3) is 0 Å². The Labute approximate surface area is 97.7 Å². The lowest BCUT2D eigenvalue weighted by atomic mass is 10.3. The van der Waals surface area contributed by atoms with Crippen LogP contribution in [0.3, 0.4) is 0 Å². The molecule has 4 nitrogen and oxygen atoms in total. The van der Waals surface area contributed by atoms with E-state index < -0.39 is 0 Å². The van der Waals surface area contributed by atoms with E-state index in [9.17, 15) is 15.0 Å². The van der Waals surface area contributed by atoms with Crippen LogP contribution in [0, 0.1) is 0 Å². The highest BCUT2D eigenvalue weighted by Gasteiger charge is 2.11. The van der Waals surface area contributed by atoms with Crippen LogP contribution in [-0.2, 0) is 11.3 Å². The van der Waals surface area contributed by atoms with Gasteiger partial charge in [0, 0.05) is 19.0 Å². The highest BCUT2D eigenvalue weighted by molar-refractivity contribution is 8.13. The number of nitrogens with zero attached hydrogens (tertiary/aromatic N) is 1. The van der Waals surface area contributed by atoms with Crippen LogP contribution in [0.5, 0.6) is 11.8 Å². The van der Waals surface area contributed by atoms with Crippen LogP contribution in [0.4, 0.5) is 0 Å². The van der Waals surface area contributed by atoms with Crippen molar-refractivity contribution >= 4 is 29.5 Å². The van der Waals surface area contributed by atoms with Crippen molar-refractivity contribution in [1.82, 2.24) is 4.57 Å². The summed E-state index contributed by atoms with van der Waals surface area (Å²) in [5, 5.41) is 19.0. The summed E-state index contributed by atoms with van der Waals surface area (Å²) in [6.07, 6.45) is 2.75. The van der Waals surface area contributed by atoms with E-state index in [0.29, 0.717) is 24.3 Å². The summed E-state index contributed by atoms with van der Waals surface area (Å²) in [6.45, 7) is 0.407. The smallest absolute Gasteiger partial charge is 0.207 e. The van der Waals surface area contributed by atoms with Crippen molar-refractivity contribution in [1.29, 1.82) is 0 Å². The zero-order chi connectivity index (χ0) is 11.4. The molecule has 6 heteroatoms. The molecule has 0 saturated carbocycles. The highest BCUT2D eigenvalue weighted by Crippen LogP contribution is 2.30. The van der Waals surface area contributed by atoms with Crippen LogP contribution in [0.2, 0.25) is 0 Å². The highest BCUT2D eigenvalue weighted by atomic mass is 32.2. The Kier molecular flexibility index (Phi) is 4.41. The standard InChI is InChI=1S/C9H13NO3S2/c1-15-8(12)3-2-4-10-7(11)5-6(14)9(10)13/h5,11,13-14H,2-4H2,1H3. The van der Waals surface area contributed by atoms with E-state index in [-0.39, 0.29) is 16.9 Å². The van der Waals surface area contributed by atoms with Crippen LogP contribution in [0.1, 0.15) is 12.8 Å². The molecule has 0 aliphatic heterocycles. The van der Waals surface area contributed by atoms with Gasteiger partial charge in [0.25, 0.3) is 0 Å². The molecule has 0 fully saturated rings. The zero-order valence-corrected chi connectivity index (χ0v) is 10.0. The maximum atomic E-state index is 11.0. The SMILES string of the molecule is CSC(=O)CCCn1c(O)cc(S)c1O. The maximum Gasteiger partial charge on any atom is 0.207 e. The van der Waals surface area contributed by atoms with E-state index in [4.69, 9.17) is 0 Å². The lowest BCUT2D eigenvalue weighted by Gasteiger charge is -2.05. The Morgan fingerprint density at radius 3 is 2.73 bits per heavy atom. The molecule has 84 valence electrons. The Morgan fingerprint density at radius 2 is 2.27 bits per heavy atom. The Hall–Kier alpha value is -0.750. The lowest BCUT2D eigenvalue weighted by Crippen LogP contribution is -1.99. The fraction of sp³-hybridized carbons (Fsp3) is 0.444. The van der Waals surface area contributed by atoms with Gasteiger partial charge >= 0.3 is 0 Å². The third-order valence-corrected chi connectivity index (χ3v) is 3.01. The summed E-state index contributed by atoms with van der Waals surface area (Å²) >= 11 is 5.15. The summed E-state index contributed by atoms with van der Waals surface area (Å²) in [4.78, 5) is 11.3. The van der Waals surface area contributed by atoms with Gasteiger partial charge in [-0.3, -0.25) is 9.36 Å². The van der Waals surface area contributed by atoms with Gasteiger partial charge in [0.2, 0.25) is 5.88 Å². The number of carbonyl (C=O) groups is 1. The average Bonchev–Trinajstić information content (AvgIpc) is 2.44. The van der Waals surface area contributed by atoms with E-state index in [1.54, 1.807) is 6.26 Å².